The summed E-state index contributed by atoms with van der Waals surface area (Å²) in [5.41, 5.74) is 1.79. The number of terminal acetylenes is 1. The Balaban J connectivity index is 2.62. The van der Waals surface area contributed by atoms with Crippen LogP contribution in [0.2, 0.25) is 0 Å². The van der Waals surface area contributed by atoms with E-state index in [9.17, 15) is 4.79 Å². The summed E-state index contributed by atoms with van der Waals surface area (Å²) in [6.07, 6.45) is 6.43. The van der Waals surface area contributed by atoms with Gasteiger partial charge >= 0.3 is 5.97 Å². The highest BCUT2D eigenvalue weighted by atomic mass is 16.5. The minimum atomic E-state index is -0.185. The molecular formula is C17H23NO3. The maximum Gasteiger partial charge on any atom is 0.305 e. The van der Waals surface area contributed by atoms with E-state index in [1.807, 2.05) is 25.2 Å². The highest BCUT2D eigenvalue weighted by Crippen LogP contribution is 2.28. The fraction of sp³-hybridized carbons (Fsp3) is 0.471. The summed E-state index contributed by atoms with van der Waals surface area (Å²) in [7, 11) is 1.99. The number of hydrogen-bond donors (Lipinski definition) is 0. The van der Waals surface area contributed by atoms with E-state index in [0.29, 0.717) is 26.1 Å². The van der Waals surface area contributed by atoms with Crippen molar-refractivity contribution in [1.82, 2.24) is 0 Å². The lowest BCUT2D eigenvalue weighted by Gasteiger charge is -2.21. The molecule has 0 saturated heterocycles. The number of benzene rings is 1. The highest BCUT2D eigenvalue weighted by molar-refractivity contribution is 5.69. The molecule has 0 aliphatic carbocycles. The lowest BCUT2D eigenvalue weighted by Crippen LogP contribution is -2.17. The van der Waals surface area contributed by atoms with Crippen molar-refractivity contribution in [2.45, 2.75) is 26.7 Å². The molecule has 0 heterocycles. The Morgan fingerprint density at radius 1 is 1.38 bits per heavy atom. The first-order valence-electron chi connectivity index (χ1n) is 7.22. The predicted octanol–water partition coefficient (Wildman–Crippen LogP) is 2.85. The average molecular weight is 289 g/mol. The van der Waals surface area contributed by atoms with Crippen molar-refractivity contribution >= 4 is 11.7 Å². The fourth-order valence-corrected chi connectivity index (χ4v) is 1.83. The smallest absolute Gasteiger partial charge is 0.305 e. The van der Waals surface area contributed by atoms with Crippen LogP contribution in [0.3, 0.4) is 0 Å². The number of carbonyl (C=O) groups excluding carboxylic acids is 1. The van der Waals surface area contributed by atoms with Crippen LogP contribution in [0.1, 0.15) is 32.3 Å². The number of nitrogens with zero attached hydrogens (tertiary/aromatic N) is 1. The third-order valence-corrected chi connectivity index (χ3v) is 3.10. The van der Waals surface area contributed by atoms with Crippen molar-refractivity contribution in [2.24, 2.45) is 0 Å². The van der Waals surface area contributed by atoms with Gasteiger partial charge in [0.1, 0.15) is 5.75 Å². The fourth-order valence-electron chi connectivity index (χ4n) is 1.83. The van der Waals surface area contributed by atoms with Gasteiger partial charge in [-0.1, -0.05) is 5.92 Å². The Morgan fingerprint density at radius 2 is 2.14 bits per heavy atom. The van der Waals surface area contributed by atoms with Crippen molar-refractivity contribution < 1.29 is 14.3 Å². The molecule has 1 aromatic carbocycles. The summed E-state index contributed by atoms with van der Waals surface area (Å²) in [6.45, 7) is 5.60. The first-order chi connectivity index (χ1) is 10.1. The molecule has 0 unspecified atom stereocenters. The number of rotatable bonds is 8. The Labute approximate surface area is 127 Å². The lowest BCUT2D eigenvalue weighted by molar-refractivity contribution is -0.143. The zero-order valence-electron chi connectivity index (χ0n) is 13.0. The van der Waals surface area contributed by atoms with Crippen LogP contribution >= 0.6 is 0 Å². The van der Waals surface area contributed by atoms with Gasteiger partial charge in [-0.3, -0.25) is 4.79 Å². The number of esters is 1. The molecule has 0 radical (unpaired) electrons. The molecule has 0 aliphatic rings. The van der Waals surface area contributed by atoms with E-state index in [2.05, 4.69) is 17.7 Å². The van der Waals surface area contributed by atoms with E-state index < -0.39 is 0 Å². The van der Waals surface area contributed by atoms with Gasteiger partial charge in [-0.2, -0.15) is 0 Å². The van der Waals surface area contributed by atoms with Gasteiger partial charge < -0.3 is 14.4 Å². The number of carbonyl (C=O) groups is 1. The third kappa shape index (κ3) is 5.39. The standard InChI is InChI=1S/C17H23NO3/c1-5-14-10-11-16(15(13-14)18(4)6-2)21-12-8-9-17(19)20-7-3/h1,10-11,13H,6-9,12H2,2-4H3. The van der Waals surface area contributed by atoms with Crippen LogP contribution in [0.15, 0.2) is 18.2 Å². The quantitative estimate of drug-likeness (QED) is 0.419. The summed E-state index contributed by atoms with van der Waals surface area (Å²) in [6, 6.07) is 5.67. The van der Waals surface area contributed by atoms with Crippen molar-refractivity contribution in [3.63, 3.8) is 0 Å². The maximum absolute atomic E-state index is 11.3. The van der Waals surface area contributed by atoms with Crippen LogP contribution in [-0.4, -0.2) is 32.8 Å². The normalized spacial score (nSPS) is 9.81. The molecule has 0 spiro atoms. The molecule has 0 aromatic heterocycles. The second kappa shape index (κ2) is 8.91. The minimum absolute atomic E-state index is 0.185. The van der Waals surface area contributed by atoms with Gasteiger partial charge in [0.25, 0.3) is 0 Å². The number of anilines is 1. The Hall–Kier alpha value is -2.15. The summed E-state index contributed by atoms with van der Waals surface area (Å²) in [5.74, 6) is 3.22. The van der Waals surface area contributed by atoms with Crippen molar-refractivity contribution in [3.05, 3.63) is 23.8 Å². The van der Waals surface area contributed by atoms with Crippen LogP contribution < -0.4 is 9.64 Å². The molecule has 0 saturated carbocycles. The molecular weight excluding hydrogens is 266 g/mol. The molecule has 1 rings (SSSR count). The first-order valence-corrected chi connectivity index (χ1v) is 7.22. The number of hydrogen-bond acceptors (Lipinski definition) is 4. The van der Waals surface area contributed by atoms with Gasteiger partial charge in [-0.05, 0) is 38.5 Å². The molecule has 0 atom stereocenters. The summed E-state index contributed by atoms with van der Waals surface area (Å²) >= 11 is 0. The Kier molecular flexibility index (Phi) is 7.17. The van der Waals surface area contributed by atoms with E-state index in [0.717, 1.165) is 23.5 Å². The molecule has 1 aromatic rings. The third-order valence-electron chi connectivity index (χ3n) is 3.10. The highest BCUT2D eigenvalue weighted by Gasteiger charge is 2.09. The van der Waals surface area contributed by atoms with Crippen LogP contribution in [0.4, 0.5) is 5.69 Å². The summed E-state index contributed by atoms with van der Waals surface area (Å²) in [5, 5.41) is 0. The average Bonchev–Trinajstić information content (AvgIpc) is 2.51. The minimum Gasteiger partial charge on any atom is -0.491 e. The predicted molar refractivity (Wildman–Crippen MR) is 84.7 cm³/mol. The van der Waals surface area contributed by atoms with Crippen LogP contribution in [-0.2, 0) is 9.53 Å². The van der Waals surface area contributed by atoms with Gasteiger partial charge in [0.2, 0.25) is 0 Å². The molecule has 4 heteroatoms. The van der Waals surface area contributed by atoms with Crippen LogP contribution in [0.5, 0.6) is 5.75 Å². The molecule has 0 N–H and O–H groups in total. The Morgan fingerprint density at radius 3 is 2.76 bits per heavy atom. The lowest BCUT2D eigenvalue weighted by atomic mass is 10.2. The largest absolute Gasteiger partial charge is 0.491 e. The Bertz CT molecular complexity index is 505. The van der Waals surface area contributed by atoms with Gasteiger partial charge in [-0.15, -0.1) is 6.42 Å². The zero-order chi connectivity index (χ0) is 15.7. The van der Waals surface area contributed by atoms with Crippen molar-refractivity contribution in [2.75, 3.05) is 31.7 Å². The van der Waals surface area contributed by atoms with Gasteiger partial charge in [0.05, 0.1) is 18.9 Å². The molecule has 0 amide bonds. The zero-order valence-corrected chi connectivity index (χ0v) is 13.0. The molecule has 0 fully saturated rings. The van der Waals surface area contributed by atoms with E-state index in [1.54, 1.807) is 6.92 Å². The SMILES string of the molecule is C#Cc1ccc(OCCCC(=O)OCC)c(N(C)CC)c1. The first kappa shape index (κ1) is 16.9. The second-order valence-corrected chi connectivity index (χ2v) is 4.60. The molecule has 0 aliphatic heterocycles. The second-order valence-electron chi connectivity index (χ2n) is 4.60. The van der Waals surface area contributed by atoms with E-state index in [-0.39, 0.29) is 5.97 Å². The summed E-state index contributed by atoms with van der Waals surface area (Å²) < 4.78 is 10.6. The molecule has 21 heavy (non-hydrogen) atoms. The molecule has 114 valence electrons. The van der Waals surface area contributed by atoms with Crippen LogP contribution in [0.25, 0.3) is 0 Å². The van der Waals surface area contributed by atoms with Gasteiger partial charge in [-0.25, -0.2) is 0 Å². The van der Waals surface area contributed by atoms with E-state index in [1.165, 1.54) is 0 Å². The monoisotopic (exact) mass is 289 g/mol. The molecule has 4 nitrogen and oxygen atoms in total. The topological polar surface area (TPSA) is 38.8 Å². The maximum atomic E-state index is 11.3. The van der Waals surface area contributed by atoms with Gasteiger partial charge in [0.15, 0.2) is 0 Å². The van der Waals surface area contributed by atoms with Crippen molar-refractivity contribution in [1.29, 1.82) is 0 Å². The van der Waals surface area contributed by atoms with E-state index >= 15 is 0 Å². The molecule has 0 bridgehead atoms. The van der Waals surface area contributed by atoms with Gasteiger partial charge in [0, 0.05) is 25.6 Å². The van der Waals surface area contributed by atoms with Crippen LogP contribution in [0, 0.1) is 12.3 Å². The number of ether oxygens (including phenoxy) is 2. The van der Waals surface area contributed by atoms with Crippen molar-refractivity contribution in [3.8, 4) is 18.1 Å². The summed E-state index contributed by atoms with van der Waals surface area (Å²) in [4.78, 5) is 13.3. The van der Waals surface area contributed by atoms with E-state index in [4.69, 9.17) is 15.9 Å².